The van der Waals surface area contributed by atoms with Crippen molar-refractivity contribution in [3.05, 3.63) is 58.9 Å². The lowest BCUT2D eigenvalue weighted by Gasteiger charge is -2.14. The zero-order valence-corrected chi connectivity index (χ0v) is 15.5. The average molecular weight is 364 g/mol. The predicted molar refractivity (Wildman–Crippen MR) is 101 cm³/mol. The molecule has 1 aliphatic rings. The Kier molecular flexibility index (Phi) is 6.64. The highest BCUT2D eigenvalue weighted by Crippen LogP contribution is 2.17. The number of aryl methyl sites for hydroxylation is 1. The van der Waals surface area contributed by atoms with Gasteiger partial charge in [-0.15, -0.1) is 12.4 Å². The van der Waals surface area contributed by atoms with Gasteiger partial charge in [-0.1, -0.05) is 30.3 Å². The quantitative estimate of drug-likeness (QED) is 0.760. The highest BCUT2D eigenvalue weighted by Gasteiger charge is 2.25. The van der Waals surface area contributed by atoms with E-state index in [2.05, 4.69) is 27.3 Å². The summed E-state index contributed by atoms with van der Waals surface area (Å²) in [4.78, 5) is 12.5. The molecule has 136 valence electrons. The normalized spacial score (nSPS) is 19.5. The number of carbonyl (C=O) groups excluding carboxylic acids is 1. The molecular weight excluding hydrogens is 338 g/mol. The Bertz CT molecular complexity index is 715. The van der Waals surface area contributed by atoms with Crippen LogP contribution in [0, 0.1) is 19.8 Å². The Morgan fingerprint density at radius 1 is 1.28 bits per heavy atom. The molecule has 2 unspecified atom stereocenters. The van der Waals surface area contributed by atoms with Crippen LogP contribution in [0.2, 0.25) is 0 Å². The van der Waals surface area contributed by atoms with E-state index in [9.17, 15) is 9.90 Å². The molecule has 6 heteroatoms. The lowest BCUT2D eigenvalue weighted by atomic mass is 10.1. The van der Waals surface area contributed by atoms with Crippen molar-refractivity contribution in [2.45, 2.75) is 26.5 Å². The van der Waals surface area contributed by atoms with E-state index in [0.29, 0.717) is 18.7 Å². The van der Waals surface area contributed by atoms with Crippen molar-refractivity contribution in [1.82, 2.24) is 15.2 Å². The van der Waals surface area contributed by atoms with Gasteiger partial charge in [-0.05, 0) is 25.5 Å². The molecule has 0 spiro atoms. The SMILES string of the molecule is Cc1cc(C(=O)NCC2CNCC2O)c(C)n1Cc1ccccc1.Cl. The summed E-state index contributed by atoms with van der Waals surface area (Å²) < 4.78 is 2.16. The Labute approximate surface area is 154 Å². The molecule has 1 saturated heterocycles. The van der Waals surface area contributed by atoms with Crippen LogP contribution >= 0.6 is 12.4 Å². The fourth-order valence-electron chi connectivity index (χ4n) is 3.29. The van der Waals surface area contributed by atoms with Crippen LogP contribution in [0.1, 0.15) is 27.3 Å². The first-order valence-corrected chi connectivity index (χ1v) is 8.44. The van der Waals surface area contributed by atoms with E-state index in [1.54, 1.807) is 0 Å². The fourth-order valence-corrected chi connectivity index (χ4v) is 3.29. The molecule has 3 N–H and O–H groups in total. The molecule has 2 heterocycles. The third-order valence-electron chi connectivity index (χ3n) is 4.83. The van der Waals surface area contributed by atoms with E-state index in [-0.39, 0.29) is 30.3 Å². The van der Waals surface area contributed by atoms with Gasteiger partial charge in [-0.2, -0.15) is 0 Å². The molecule has 0 aliphatic carbocycles. The third-order valence-corrected chi connectivity index (χ3v) is 4.83. The van der Waals surface area contributed by atoms with Crippen LogP contribution in [0.3, 0.4) is 0 Å². The summed E-state index contributed by atoms with van der Waals surface area (Å²) in [6.07, 6.45) is -0.379. The first-order chi connectivity index (χ1) is 11.6. The highest BCUT2D eigenvalue weighted by molar-refractivity contribution is 5.95. The number of hydrogen-bond acceptors (Lipinski definition) is 3. The Morgan fingerprint density at radius 2 is 2.00 bits per heavy atom. The molecule has 2 aromatic rings. The van der Waals surface area contributed by atoms with E-state index >= 15 is 0 Å². The average Bonchev–Trinajstić information content (AvgIpc) is 3.11. The molecule has 1 amide bonds. The minimum Gasteiger partial charge on any atom is -0.391 e. The summed E-state index contributed by atoms with van der Waals surface area (Å²) in [6.45, 7) is 6.61. The van der Waals surface area contributed by atoms with Gasteiger partial charge in [-0.25, -0.2) is 0 Å². The molecule has 5 nitrogen and oxygen atoms in total. The van der Waals surface area contributed by atoms with Crippen molar-refractivity contribution in [2.24, 2.45) is 5.92 Å². The first-order valence-electron chi connectivity index (χ1n) is 8.44. The van der Waals surface area contributed by atoms with Crippen molar-refractivity contribution < 1.29 is 9.90 Å². The molecule has 25 heavy (non-hydrogen) atoms. The number of benzene rings is 1. The van der Waals surface area contributed by atoms with E-state index in [4.69, 9.17) is 0 Å². The molecule has 2 atom stereocenters. The van der Waals surface area contributed by atoms with Gasteiger partial charge in [0, 0.05) is 43.5 Å². The summed E-state index contributed by atoms with van der Waals surface area (Å²) in [5.41, 5.74) is 3.97. The topological polar surface area (TPSA) is 66.3 Å². The smallest absolute Gasteiger partial charge is 0.253 e. The van der Waals surface area contributed by atoms with E-state index in [0.717, 1.165) is 24.5 Å². The van der Waals surface area contributed by atoms with Crippen molar-refractivity contribution in [3.8, 4) is 0 Å². The Morgan fingerprint density at radius 3 is 2.64 bits per heavy atom. The number of nitrogens with zero attached hydrogens (tertiary/aromatic N) is 1. The fraction of sp³-hybridized carbons (Fsp3) is 0.421. The van der Waals surface area contributed by atoms with Crippen molar-refractivity contribution in [2.75, 3.05) is 19.6 Å². The van der Waals surface area contributed by atoms with Crippen LogP contribution in [0.25, 0.3) is 0 Å². The molecule has 0 saturated carbocycles. The van der Waals surface area contributed by atoms with Gasteiger partial charge in [0.05, 0.1) is 11.7 Å². The molecule has 1 aliphatic heterocycles. The molecule has 3 rings (SSSR count). The number of halogens is 1. The van der Waals surface area contributed by atoms with E-state index in [1.165, 1.54) is 5.56 Å². The van der Waals surface area contributed by atoms with E-state index < -0.39 is 0 Å². The Hall–Kier alpha value is -1.82. The zero-order valence-electron chi connectivity index (χ0n) is 14.7. The molecular formula is C19H26ClN3O2. The molecule has 1 aromatic heterocycles. The monoisotopic (exact) mass is 363 g/mol. The van der Waals surface area contributed by atoms with Gasteiger partial charge in [0.2, 0.25) is 0 Å². The molecule has 0 radical (unpaired) electrons. The second-order valence-corrected chi connectivity index (χ2v) is 6.55. The van der Waals surface area contributed by atoms with Gasteiger partial charge in [0.15, 0.2) is 0 Å². The summed E-state index contributed by atoms with van der Waals surface area (Å²) in [6, 6.07) is 12.2. The number of β-amino-alcohol motifs (C(OH)–C–C–N with tert-alkyl or cyclic N) is 1. The van der Waals surface area contributed by atoms with Crippen LogP contribution in [0.15, 0.2) is 36.4 Å². The van der Waals surface area contributed by atoms with Crippen LogP contribution in [0.5, 0.6) is 0 Å². The van der Waals surface area contributed by atoms with Crippen molar-refractivity contribution >= 4 is 18.3 Å². The summed E-state index contributed by atoms with van der Waals surface area (Å²) in [5.74, 6) is 0.0169. The number of aliphatic hydroxyl groups is 1. The van der Waals surface area contributed by atoms with Gasteiger partial charge < -0.3 is 20.3 Å². The maximum atomic E-state index is 12.5. The van der Waals surface area contributed by atoms with Crippen LogP contribution < -0.4 is 10.6 Å². The van der Waals surface area contributed by atoms with Gasteiger partial charge in [0.1, 0.15) is 0 Å². The van der Waals surface area contributed by atoms with Crippen LogP contribution in [0.4, 0.5) is 0 Å². The number of nitrogens with one attached hydrogen (secondary N) is 2. The number of rotatable bonds is 5. The number of hydrogen-bond donors (Lipinski definition) is 3. The largest absolute Gasteiger partial charge is 0.391 e. The lowest BCUT2D eigenvalue weighted by molar-refractivity contribution is 0.0926. The highest BCUT2D eigenvalue weighted by atomic mass is 35.5. The first kappa shape index (κ1) is 19.5. The standard InChI is InChI=1S/C19H25N3O2.ClH/c1-13-8-17(19(24)21-10-16-9-20-11-18(16)23)14(2)22(13)12-15-6-4-3-5-7-15;/h3-8,16,18,20,23H,9-12H2,1-2H3,(H,21,24);1H. The number of carbonyl (C=O) groups is 1. The Balaban J connectivity index is 0.00000225. The van der Waals surface area contributed by atoms with Crippen molar-refractivity contribution in [3.63, 3.8) is 0 Å². The third kappa shape index (κ3) is 4.42. The molecule has 1 aromatic carbocycles. The second kappa shape index (κ2) is 8.52. The summed E-state index contributed by atoms with van der Waals surface area (Å²) in [5, 5.41) is 15.9. The summed E-state index contributed by atoms with van der Waals surface area (Å²) in [7, 11) is 0. The van der Waals surface area contributed by atoms with Gasteiger partial charge in [0.25, 0.3) is 5.91 Å². The molecule has 0 bridgehead atoms. The predicted octanol–water partition coefficient (Wildman–Crippen LogP) is 1.89. The number of amides is 1. The lowest BCUT2D eigenvalue weighted by Crippen LogP contribution is -2.34. The van der Waals surface area contributed by atoms with Gasteiger partial charge >= 0.3 is 0 Å². The number of aromatic nitrogens is 1. The maximum absolute atomic E-state index is 12.5. The van der Waals surface area contributed by atoms with Gasteiger partial charge in [-0.3, -0.25) is 4.79 Å². The maximum Gasteiger partial charge on any atom is 0.253 e. The van der Waals surface area contributed by atoms with Crippen molar-refractivity contribution in [1.29, 1.82) is 0 Å². The molecule has 1 fully saturated rings. The minimum atomic E-state index is -0.379. The zero-order chi connectivity index (χ0) is 17.1. The second-order valence-electron chi connectivity index (χ2n) is 6.55. The van der Waals surface area contributed by atoms with Crippen LogP contribution in [-0.4, -0.2) is 41.3 Å². The summed E-state index contributed by atoms with van der Waals surface area (Å²) >= 11 is 0. The van der Waals surface area contributed by atoms with E-state index in [1.807, 2.05) is 38.1 Å². The van der Waals surface area contributed by atoms with Crippen LogP contribution in [-0.2, 0) is 6.54 Å². The minimum absolute atomic E-state index is 0. The number of aliphatic hydroxyl groups excluding tert-OH is 1.